The highest BCUT2D eigenvalue weighted by Gasteiger charge is 2.41. The predicted octanol–water partition coefficient (Wildman–Crippen LogP) is 2.89. The van der Waals surface area contributed by atoms with E-state index in [4.69, 9.17) is 17.3 Å². The highest BCUT2D eigenvalue weighted by atomic mass is 35.5. The van der Waals surface area contributed by atoms with Crippen molar-refractivity contribution in [3.05, 3.63) is 37.4 Å². The van der Waals surface area contributed by atoms with E-state index in [-0.39, 0.29) is 11.9 Å². The summed E-state index contributed by atoms with van der Waals surface area (Å²) >= 11 is 5.32. The van der Waals surface area contributed by atoms with Crippen LogP contribution in [0.25, 0.3) is 0 Å². The van der Waals surface area contributed by atoms with E-state index < -0.39 is 50.6 Å². The number of hydrogen-bond acceptors (Lipinski definition) is 5. The van der Waals surface area contributed by atoms with Gasteiger partial charge in [0.05, 0.1) is 15.4 Å². The number of anilines is 1. The van der Waals surface area contributed by atoms with Crippen LogP contribution in [-0.4, -0.2) is 15.7 Å². The molecule has 0 amide bonds. The van der Waals surface area contributed by atoms with Crippen LogP contribution in [0.15, 0.2) is 6.07 Å². The van der Waals surface area contributed by atoms with Gasteiger partial charge in [0, 0.05) is 17.5 Å². The van der Waals surface area contributed by atoms with Crippen molar-refractivity contribution in [2.45, 2.75) is 12.6 Å². The van der Waals surface area contributed by atoms with Crippen LogP contribution in [0.2, 0.25) is 0 Å². The molecule has 0 radical (unpaired) electrons. The first-order chi connectivity index (χ1) is 9.11. The molecule has 1 aromatic carbocycles. The summed E-state index contributed by atoms with van der Waals surface area (Å²) < 4.78 is 38.6. The Bertz CT molecular complexity index is 577. The molecular formula is C9H7ClF3N3O4. The zero-order valence-electron chi connectivity index (χ0n) is 9.61. The third kappa shape index (κ3) is 2.90. The van der Waals surface area contributed by atoms with Gasteiger partial charge in [-0.25, -0.2) is 0 Å². The Balaban J connectivity index is 3.82. The summed E-state index contributed by atoms with van der Waals surface area (Å²) in [6.07, 6.45) is -5.49. The Kier molecular flexibility index (Phi) is 4.38. The number of rotatable bonds is 4. The summed E-state index contributed by atoms with van der Waals surface area (Å²) in [6.45, 7) is 0. The molecule has 7 nitrogen and oxygen atoms in total. The van der Waals surface area contributed by atoms with Crippen molar-refractivity contribution in [3.8, 4) is 0 Å². The number of nitrogen functional groups attached to an aromatic ring is 1. The molecule has 0 aromatic heterocycles. The normalized spacial score (nSPS) is 11.4. The summed E-state index contributed by atoms with van der Waals surface area (Å²) in [4.78, 5) is 19.1. The first kappa shape index (κ1) is 16.0. The zero-order chi connectivity index (χ0) is 15.7. The average Bonchev–Trinajstić information content (AvgIpc) is 2.26. The first-order valence-electron chi connectivity index (χ1n) is 4.98. The lowest BCUT2D eigenvalue weighted by atomic mass is 9.99. The zero-order valence-corrected chi connectivity index (χ0v) is 10.4. The van der Waals surface area contributed by atoms with Gasteiger partial charge in [0.25, 0.3) is 5.69 Å². The third-order valence-electron chi connectivity index (χ3n) is 2.45. The van der Waals surface area contributed by atoms with E-state index in [1.807, 2.05) is 0 Å². The molecule has 0 aliphatic heterocycles. The van der Waals surface area contributed by atoms with E-state index in [9.17, 15) is 33.4 Å². The van der Waals surface area contributed by atoms with Crippen LogP contribution >= 0.6 is 11.6 Å². The van der Waals surface area contributed by atoms with Crippen LogP contribution in [-0.2, 0) is 12.6 Å². The van der Waals surface area contributed by atoms with Crippen molar-refractivity contribution >= 4 is 28.7 Å². The second-order valence-electron chi connectivity index (χ2n) is 3.64. The average molecular weight is 314 g/mol. The maximum atomic E-state index is 12.9. The van der Waals surface area contributed by atoms with Crippen molar-refractivity contribution in [3.63, 3.8) is 0 Å². The number of nitro groups is 2. The van der Waals surface area contributed by atoms with Gasteiger partial charge in [-0.2, -0.15) is 13.2 Å². The number of nitro benzene ring substituents is 2. The lowest BCUT2D eigenvalue weighted by Gasteiger charge is -2.13. The molecule has 0 aliphatic carbocycles. The lowest BCUT2D eigenvalue weighted by Crippen LogP contribution is -2.14. The summed E-state index contributed by atoms with van der Waals surface area (Å²) in [5, 5.41) is 21.5. The highest BCUT2D eigenvalue weighted by Crippen LogP contribution is 2.43. The number of halogens is 4. The molecule has 0 saturated heterocycles. The SMILES string of the molecule is Nc1c([N+](=O)[O-])cc(C(F)(F)F)c(CCCl)c1[N+](=O)[O-]. The molecule has 20 heavy (non-hydrogen) atoms. The quantitative estimate of drug-likeness (QED) is 0.397. The molecule has 1 aromatic rings. The monoisotopic (exact) mass is 313 g/mol. The lowest BCUT2D eigenvalue weighted by molar-refractivity contribution is -0.393. The van der Waals surface area contributed by atoms with Crippen LogP contribution in [0.1, 0.15) is 11.1 Å². The van der Waals surface area contributed by atoms with Gasteiger partial charge >= 0.3 is 11.9 Å². The molecule has 110 valence electrons. The fourth-order valence-electron chi connectivity index (χ4n) is 1.67. The maximum absolute atomic E-state index is 12.9. The molecule has 0 bridgehead atoms. The van der Waals surface area contributed by atoms with Crippen LogP contribution in [0, 0.1) is 20.2 Å². The number of nitrogens with two attached hydrogens (primary N) is 1. The summed E-state index contributed by atoms with van der Waals surface area (Å²) in [5.74, 6) is -0.332. The van der Waals surface area contributed by atoms with Gasteiger partial charge in [-0.05, 0) is 6.42 Å². The van der Waals surface area contributed by atoms with Crippen molar-refractivity contribution in [1.82, 2.24) is 0 Å². The molecule has 11 heteroatoms. The van der Waals surface area contributed by atoms with E-state index in [1.165, 1.54) is 0 Å². The molecule has 0 aliphatic rings. The van der Waals surface area contributed by atoms with Gasteiger partial charge in [0.2, 0.25) is 0 Å². The van der Waals surface area contributed by atoms with E-state index >= 15 is 0 Å². The van der Waals surface area contributed by atoms with Crippen LogP contribution in [0.4, 0.5) is 30.2 Å². The molecule has 0 unspecified atom stereocenters. The van der Waals surface area contributed by atoms with E-state index in [0.717, 1.165) is 0 Å². The molecular weight excluding hydrogens is 307 g/mol. The minimum absolute atomic E-state index is 0.185. The van der Waals surface area contributed by atoms with E-state index in [0.29, 0.717) is 0 Å². The van der Waals surface area contributed by atoms with Crippen molar-refractivity contribution in [2.24, 2.45) is 0 Å². The number of benzene rings is 1. The van der Waals surface area contributed by atoms with Crippen molar-refractivity contribution in [2.75, 3.05) is 11.6 Å². The predicted molar refractivity (Wildman–Crippen MR) is 63.6 cm³/mol. The standard InChI is InChI=1S/C9H7ClF3N3O4/c10-2-1-4-5(9(11,12)13)3-6(15(17)18)7(14)8(4)16(19)20/h3H,1-2,14H2. The van der Waals surface area contributed by atoms with Gasteiger partial charge < -0.3 is 5.73 Å². The molecule has 0 atom stereocenters. The topological polar surface area (TPSA) is 112 Å². The van der Waals surface area contributed by atoms with E-state index in [2.05, 4.69) is 0 Å². The minimum atomic E-state index is -5.00. The second-order valence-corrected chi connectivity index (χ2v) is 4.01. The molecule has 1 rings (SSSR count). The highest BCUT2D eigenvalue weighted by molar-refractivity contribution is 6.18. The van der Waals surface area contributed by atoms with Crippen LogP contribution < -0.4 is 5.73 Å². The summed E-state index contributed by atoms with van der Waals surface area (Å²) in [5.41, 5.74) is -0.229. The molecule has 0 saturated carbocycles. The Hall–Kier alpha value is -2.10. The Labute approximate surface area is 114 Å². The van der Waals surface area contributed by atoms with Gasteiger partial charge in [-0.1, -0.05) is 0 Å². The van der Waals surface area contributed by atoms with E-state index in [1.54, 1.807) is 0 Å². The van der Waals surface area contributed by atoms with Gasteiger partial charge in [0.1, 0.15) is 0 Å². The number of nitrogens with zero attached hydrogens (tertiary/aromatic N) is 2. The molecule has 0 heterocycles. The Morgan fingerprint density at radius 1 is 1.25 bits per heavy atom. The van der Waals surface area contributed by atoms with Gasteiger partial charge in [-0.15, -0.1) is 11.6 Å². The first-order valence-corrected chi connectivity index (χ1v) is 5.52. The third-order valence-corrected chi connectivity index (χ3v) is 2.64. The van der Waals surface area contributed by atoms with Crippen molar-refractivity contribution in [1.29, 1.82) is 0 Å². The summed E-state index contributed by atoms with van der Waals surface area (Å²) in [6, 6.07) is 0.185. The summed E-state index contributed by atoms with van der Waals surface area (Å²) in [7, 11) is 0. The maximum Gasteiger partial charge on any atom is 0.417 e. The Morgan fingerprint density at radius 2 is 1.80 bits per heavy atom. The van der Waals surface area contributed by atoms with Crippen molar-refractivity contribution < 1.29 is 23.0 Å². The fraction of sp³-hybridized carbons (Fsp3) is 0.333. The molecule has 0 fully saturated rings. The second kappa shape index (κ2) is 5.49. The Morgan fingerprint density at radius 3 is 2.15 bits per heavy atom. The molecule has 2 N–H and O–H groups in total. The van der Waals surface area contributed by atoms with Crippen LogP contribution in [0.3, 0.4) is 0 Å². The van der Waals surface area contributed by atoms with Crippen LogP contribution in [0.5, 0.6) is 0 Å². The fourth-order valence-corrected chi connectivity index (χ4v) is 1.86. The minimum Gasteiger partial charge on any atom is -0.387 e. The smallest absolute Gasteiger partial charge is 0.387 e. The molecule has 0 spiro atoms. The number of hydrogen-bond donors (Lipinski definition) is 1. The van der Waals surface area contributed by atoms with Gasteiger partial charge in [-0.3, -0.25) is 20.2 Å². The van der Waals surface area contributed by atoms with Gasteiger partial charge in [0.15, 0.2) is 5.69 Å². The number of alkyl halides is 4. The largest absolute Gasteiger partial charge is 0.417 e.